The fraction of sp³-hybridized carbons (Fsp3) is 0.846. The summed E-state index contributed by atoms with van der Waals surface area (Å²) in [7, 11) is 0. The van der Waals surface area contributed by atoms with Crippen molar-refractivity contribution in [1.82, 2.24) is 0 Å². The second-order valence-corrected chi connectivity index (χ2v) is 5.34. The van der Waals surface area contributed by atoms with E-state index in [2.05, 4.69) is 0 Å². The highest BCUT2D eigenvalue weighted by molar-refractivity contribution is 6.01. The molecule has 3 atom stereocenters. The van der Waals surface area contributed by atoms with Crippen molar-refractivity contribution in [2.45, 2.75) is 32.0 Å². The van der Waals surface area contributed by atoms with Gasteiger partial charge in [0.1, 0.15) is 11.7 Å². The van der Waals surface area contributed by atoms with Crippen molar-refractivity contribution in [1.29, 1.82) is 0 Å². The highest BCUT2D eigenvalue weighted by Crippen LogP contribution is 2.53. The number of carbonyl (C=O) groups excluding carboxylic acids is 2. The van der Waals surface area contributed by atoms with Crippen molar-refractivity contribution in [2.24, 2.45) is 17.8 Å². The van der Waals surface area contributed by atoms with Crippen molar-refractivity contribution >= 4 is 11.8 Å². The van der Waals surface area contributed by atoms with Crippen LogP contribution in [0, 0.1) is 17.8 Å². The summed E-state index contributed by atoms with van der Waals surface area (Å²) in [4.78, 5) is 23.8. The zero-order chi connectivity index (χ0) is 12.8. The van der Waals surface area contributed by atoms with Crippen LogP contribution in [0.3, 0.4) is 0 Å². The number of carbonyl (C=O) groups is 2. The summed E-state index contributed by atoms with van der Waals surface area (Å²) in [6.45, 7) is 3.29. The van der Waals surface area contributed by atoms with Crippen LogP contribution in [-0.4, -0.2) is 37.4 Å². The zero-order valence-corrected chi connectivity index (χ0v) is 10.5. The van der Waals surface area contributed by atoms with Crippen LogP contribution in [0.1, 0.15) is 26.2 Å². The predicted octanol–water partition coefficient (Wildman–Crippen LogP) is 0.908. The van der Waals surface area contributed by atoms with E-state index in [9.17, 15) is 9.59 Å². The number of hydrogen-bond donors (Lipinski definition) is 0. The Kier molecular flexibility index (Phi) is 2.90. The summed E-state index contributed by atoms with van der Waals surface area (Å²) >= 11 is 0. The standard InChI is InChI=1S/C13H18O5/c1-2-16-12(15)11-9-7-13(17-3-4-18-13)6-8(9)5-10(11)14/h8-9,11H,2-7H2,1H3/t8-,9+,11?/m1/s1. The van der Waals surface area contributed by atoms with Crippen LogP contribution in [-0.2, 0) is 23.8 Å². The van der Waals surface area contributed by atoms with Gasteiger partial charge in [-0.2, -0.15) is 0 Å². The minimum Gasteiger partial charge on any atom is -0.465 e. The van der Waals surface area contributed by atoms with E-state index in [1.807, 2.05) is 0 Å². The lowest BCUT2D eigenvalue weighted by molar-refractivity contribution is -0.162. The molecule has 1 saturated heterocycles. The third-order valence-corrected chi connectivity index (χ3v) is 4.32. The SMILES string of the molecule is CCOC(=O)C1C(=O)C[C@@H]2CC3(C[C@H]12)OCCO3. The van der Waals surface area contributed by atoms with Gasteiger partial charge in [-0.05, 0) is 18.8 Å². The first-order valence-electron chi connectivity index (χ1n) is 6.62. The summed E-state index contributed by atoms with van der Waals surface area (Å²) in [5.41, 5.74) is 0. The average molecular weight is 254 g/mol. The summed E-state index contributed by atoms with van der Waals surface area (Å²) in [6.07, 6.45) is 1.84. The first-order valence-corrected chi connectivity index (χ1v) is 6.62. The number of ether oxygens (including phenoxy) is 3. The van der Waals surface area contributed by atoms with Crippen LogP contribution in [0.25, 0.3) is 0 Å². The van der Waals surface area contributed by atoms with Crippen LogP contribution in [0.4, 0.5) is 0 Å². The minimum absolute atomic E-state index is 0.0243. The summed E-state index contributed by atoms with van der Waals surface area (Å²) in [5.74, 6) is -1.22. The van der Waals surface area contributed by atoms with Gasteiger partial charge >= 0.3 is 5.97 Å². The van der Waals surface area contributed by atoms with E-state index in [-0.39, 0.29) is 23.6 Å². The Morgan fingerprint density at radius 3 is 2.78 bits per heavy atom. The van der Waals surface area contributed by atoms with E-state index in [1.54, 1.807) is 6.92 Å². The van der Waals surface area contributed by atoms with E-state index >= 15 is 0 Å². The zero-order valence-electron chi connectivity index (χ0n) is 10.5. The Morgan fingerprint density at radius 2 is 2.11 bits per heavy atom. The van der Waals surface area contributed by atoms with E-state index in [4.69, 9.17) is 14.2 Å². The molecule has 1 unspecified atom stereocenters. The maximum absolute atomic E-state index is 11.9. The molecule has 1 aliphatic heterocycles. The van der Waals surface area contributed by atoms with Gasteiger partial charge in [-0.15, -0.1) is 0 Å². The molecular formula is C13H18O5. The molecule has 5 heteroatoms. The van der Waals surface area contributed by atoms with E-state index in [0.29, 0.717) is 32.7 Å². The third-order valence-electron chi connectivity index (χ3n) is 4.32. The monoisotopic (exact) mass is 254 g/mol. The number of rotatable bonds is 2. The van der Waals surface area contributed by atoms with Crippen LogP contribution in [0.2, 0.25) is 0 Å². The molecule has 3 aliphatic rings. The van der Waals surface area contributed by atoms with Gasteiger partial charge in [-0.25, -0.2) is 0 Å². The normalized spacial score (nSPS) is 37.2. The van der Waals surface area contributed by atoms with Gasteiger partial charge in [0.15, 0.2) is 5.79 Å². The second kappa shape index (κ2) is 4.31. The molecular weight excluding hydrogens is 236 g/mol. The molecule has 1 spiro atoms. The van der Waals surface area contributed by atoms with Crippen LogP contribution < -0.4 is 0 Å². The minimum atomic E-state index is -0.595. The van der Waals surface area contributed by atoms with Gasteiger partial charge in [0, 0.05) is 19.3 Å². The highest BCUT2D eigenvalue weighted by atomic mass is 16.7. The molecule has 100 valence electrons. The highest BCUT2D eigenvalue weighted by Gasteiger charge is 2.58. The lowest BCUT2D eigenvalue weighted by Gasteiger charge is -2.23. The smallest absolute Gasteiger partial charge is 0.316 e. The van der Waals surface area contributed by atoms with Gasteiger partial charge < -0.3 is 14.2 Å². The van der Waals surface area contributed by atoms with Gasteiger partial charge in [0.05, 0.1) is 19.8 Å². The molecule has 18 heavy (non-hydrogen) atoms. The van der Waals surface area contributed by atoms with Gasteiger partial charge in [0.25, 0.3) is 0 Å². The summed E-state index contributed by atoms with van der Waals surface area (Å²) in [6, 6.07) is 0. The first-order chi connectivity index (χ1) is 8.65. The summed E-state index contributed by atoms with van der Waals surface area (Å²) < 4.78 is 16.4. The Morgan fingerprint density at radius 1 is 1.39 bits per heavy atom. The predicted molar refractivity (Wildman–Crippen MR) is 60.6 cm³/mol. The van der Waals surface area contributed by atoms with Crippen molar-refractivity contribution in [3.8, 4) is 0 Å². The molecule has 2 aliphatic carbocycles. The number of fused-ring (bicyclic) bond motifs is 1. The van der Waals surface area contributed by atoms with Gasteiger partial charge in [0.2, 0.25) is 0 Å². The van der Waals surface area contributed by atoms with Crippen molar-refractivity contribution in [3.63, 3.8) is 0 Å². The molecule has 0 aromatic rings. The molecule has 2 saturated carbocycles. The lowest BCUT2D eigenvalue weighted by Crippen LogP contribution is -2.32. The van der Waals surface area contributed by atoms with Gasteiger partial charge in [-0.1, -0.05) is 0 Å². The van der Waals surface area contributed by atoms with Crippen molar-refractivity contribution in [2.75, 3.05) is 19.8 Å². The molecule has 0 aromatic heterocycles. The maximum Gasteiger partial charge on any atom is 0.316 e. The van der Waals surface area contributed by atoms with Crippen molar-refractivity contribution < 1.29 is 23.8 Å². The Balaban J connectivity index is 1.76. The molecule has 0 N–H and O–H groups in total. The molecule has 1 heterocycles. The fourth-order valence-electron chi connectivity index (χ4n) is 3.67. The molecule has 0 bridgehead atoms. The van der Waals surface area contributed by atoms with Crippen molar-refractivity contribution in [3.05, 3.63) is 0 Å². The number of Topliss-reactive ketones (excluding diaryl/α,β-unsaturated/α-hetero) is 1. The Labute approximate surface area is 106 Å². The number of esters is 1. The first kappa shape index (κ1) is 12.1. The van der Waals surface area contributed by atoms with Gasteiger partial charge in [-0.3, -0.25) is 9.59 Å². The second-order valence-electron chi connectivity index (χ2n) is 5.34. The van der Waals surface area contributed by atoms with E-state index in [0.717, 1.165) is 6.42 Å². The molecule has 5 nitrogen and oxygen atoms in total. The molecule has 0 amide bonds. The molecule has 0 aromatic carbocycles. The Bertz CT molecular complexity index is 372. The average Bonchev–Trinajstić information content (AvgIpc) is 2.95. The van der Waals surface area contributed by atoms with Crippen LogP contribution in [0.15, 0.2) is 0 Å². The van der Waals surface area contributed by atoms with E-state index < -0.39 is 11.7 Å². The summed E-state index contributed by atoms with van der Waals surface area (Å²) in [5, 5.41) is 0. The number of ketones is 1. The maximum atomic E-state index is 11.9. The Hall–Kier alpha value is -0.940. The van der Waals surface area contributed by atoms with E-state index in [1.165, 1.54) is 0 Å². The third kappa shape index (κ3) is 1.77. The molecule has 3 rings (SSSR count). The largest absolute Gasteiger partial charge is 0.465 e. The lowest BCUT2D eigenvalue weighted by atomic mass is 9.91. The van der Waals surface area contributed by atoms with Crippen LogP contribution in [0.5, 0.6) is 0 Å². The molecule has 3 fully saturated rings. The molecule has 0 radical (unpaired) electrons. The number of hydrogen-bond acceptors (Lipinski definition) is 5. The topological polar surface area (TPSA) is 61.8 Å². The quantitative estimate of drug-likeness (QED) is 0.541. The van der Waals surface area contributed by atoms with Crippen LogP contribution >= 0.6 is 0 Å². The fourth-order valence-corrected chi connectivity index (χ4v) is 3.67.